The molecule has 0 aromatic heterocycles. The van der Waals surface area contributed by atoms with Crippen molar-refractivity contribution in [1.82, 2.24) is 5.01 Å². The molecule has 0 bridgehead atoms. The van der Waals surface area contributed by atoms with Gasteiger partial charge in [-0.1, -0.05) is 18.2 Å². The zero-order chi connectivity index (χ0) is 9.94. The molecular formula is C8H14ClIN2. The van der Waals surface area contributed by atoms with Crippen molar-refractivity contribution in [2.45, 2.75) is 26.3 Å². The van der Waals surface area contributed by atoms with E-state index in [0.717, 1.165) is 3.58 Å². The second-order valence-electron chi connectivity index (χ2n) is 3.45. The first-order valence-electron chi connectivity index (χ1n) is 3.51. The molecule has 2 nitrogen and oxygen atoms in total. The van der Waals surface area contributed by atoms with Crippen LogP contribution >= 0.6 is 34.2 Å². The van der Waals surface area contributed by atoms with Crippen LogP contribution in [-0.4, -0.2) is 10.5 Å². The number of hydrogen-bond donors (Lipinski definition) is 1. The zero-order valence-electron chi connectivity index (χ0n) is 7.56. The second kappa shape index (κ2) is 4.48. The van der Waals surface area contributed by atoms with Gasteiger partial charge in [-0.2, -0.15) is 0 Å². The van der Waals surface area contributed by atoms with Crippen molar-refractivity contribution in [3.8, 4) is 0 Å². The Morgan fingerprint density at radius 1 is 1.58 bits per heavy atom. The Bertz CT molecular complexity index is 206. The first kappa shape index (κ1) is 12.3. The lowest BCUT2D eigenvalue weighted by Gasteiger charge is -2.32. The van der Waals surface area contributed by atoms with E-state index < -0.39 is 0 Å². The molecule has 70 valence electrons. The van der Waals surface area contributed by atoms with E-state index in [1.807, 2.05) is 20.8 Å². The molecular weight excluding hydrogens is 286 g/mol. The van der Waals surface area contributed by atoms with Gasteiger partial charge in [0.05, 0.1) is 0 Å². The Morgan fingerprint density at radius 2 is 2.00 bits per heavy atom. The van der Waals surface area contributed by atoms with Crippen molar-refractivity contribution in [3.05, 3.63) is 21.4 Å². The van der Waals surface area contributed by atoms with Gasteiger partial charge in [-0.15, -0.1) is 0 Å². The highest BCUT2D eigenvalue weighted by molar-refractivity contribution is 14.1. The van der Waals surface area contributed by atoms with Gasteiger partial charge in [-0.05, 0) is 49.4 Å². The molecule has 0 radical (unpaired) electrons. The molecule has 0 rings (SSSR count). The van der Waals surface area contributed by atoms with E-state index in [-0.39, 0.29) is 5.54 Å². The molecule has 0 spiro atoms. The molecule has 0 amide bonds. The smallest absolute Gasteiger partial charge is 0.120 e. The minimum Gasteiger partial charge on any atom is -0.295 e. The molecule has 0 aliphatic carbocycles. The van der Waals surface area contributed by atoms with Gasteiger partial charge in [0.25, 0.3) is 0 Å². The summed E-state index contributed by atoms with van der Waals surface area (Å²) in [6.45, 7) is 9.66. The van der Waals surface area contributed by atoms with Crippen molar-refractivity contribution in [3.63, 3.8) is 0 Å². The fourth-order valence-corrected chi connectivity index (χ4v) is 1.38. The van der Waals surface area contributed by atoms with Crippen LogP contribution in [0, 0.1) is 0 Å². The number of hydrazine groups is 1. The molecule has 4 heteroatoms. The number of nitrogens with zero attached hydrogens (tertiary/aromatic N) is 1. The number of rotatable bonds is 2. The summed E-state index contributed by atoms with van der Waals surface area (Å²) >= 11 is 7.99. The third-order valence-corrected chi connectivity index (χ3v) is 1.83. The molecule has 0 atom stereocenters. The highest BCUT2D eigenvalue weighted by Gasteiger charge is 2.18. The lowest BCUT2D eigenvalue weighted by molar-refractivity contribution is 0.203. The Hall–Kier alpha value is 0.260. The summed E-state index contributed by atoms with van der Waals surface area (Å²) in [6, 6.07) is 0. The molecule has 0 fully saturated rings. The van der Waals surface area contributed by atoms with Crippen LogP contribution < -0.4 is 5.84 Å². The number of allylic oxidation sites excluding steroid dienone is 2. The van der Waals surface area contributed by atoms with Gasteiger partial charge in [0, 0.05) is 9.12 Å². The topological polar surface area (TPSA) is 29.3 Å². The van der Waals surface area contributed by atoms with E-state index in [9.17, 15) is 0 Å². The summed E-state index contributed by atoms with van der Waals surface area (Å²) in [5, 5.41) is 2.01. The maximum Gasteiger partial charge on any atom is 0.120 e. The predicted octanol–water partition coefficient (Wildman–Crippen LogP) is 2.99. The van der Waals surface area contributed by atoms with Crippen molar-refractivity contribution in [1.29, 1.82) is 0 Å². The quantitative estimate of drug-likeness (QED) is 0.279. The van der Waals surface area contributed by atoms with Crippen molar-refractivity contribution < 1.29 is 0 Å². The maximum atomic E-state index is 5.91. The first-order chi connectivity index (χ1) is 5.25. The summed E-state index contributed by atoms with van der Waals surface area (Å²) < 4.78 is 0.859. The highest BCUT2D eigenvalue weighted by atomic mass is 127. The van der Waals surface area contributed by atoms with Crippen molar-refractivity contribution in [2.24, 2.45) is 5.84 Å². The van der Waals surface area contributed by atoms with E-state index in [0.29, 0.717) is 5.16 Å². The number of nitrogens with two attached hydrogens (primary N) is 1. The molecule has 0 aliphatic heterocycles. The molecule has 0 unspecified atom stereocenters. The third kappa shape index (κ3) is 4.33. The largest absolute Gasteiger partial charge is 0.295 e. The zero-order valence-corrected chi connectivity index (χ0v) is 10.5. The lowest BCUT2D eigenvalue weighted by atomic mass is 10.1. The van der Waals surface area contributed by atoms with Gasteiger partial charge in [0.15, 0.2) is 0 Å². The standard InChI is InChI=1S/C8H14ClIN2/c1-6(10)5-7(9)12(11)8(2,3)4/h5H,1,11H2,2-4H3/b7-5-. The second-order valence-corrected chi connectivity index (χ2v) is 5.23. The molecule has 0 saturated heterocycles. The fourth-order valence-electron chi connectivity index (χ4n) is 0.519. The normalized spacial score (nSPS) is 13.0. The van der Waals surface area contributed by atoms with Crippen molar-refractivity contribution in [2.75, 3.05) is 0 Å². The summed E-state index contributed by atoms with van der Waals surface area (Å²) in [5.74, 6) is 5.73. The molecule has 0 aromatic carbocycles. The predicted molar refractivity (Wildman–Crippen MR) is 62.9 cm³/mol. The minimum atomic E-state index is -0.167. The van der Waals surface area contributed by atoms with Crippen LogP contribution in [0.15, 0.2) is 21.4 Å². The maximum absolute atomic E-state index is 5.91. The molecule has 0 heterocycles. The average molecular weight is 301 g/mol. The van der Waals surface area contributed by atoms with E-state index in [1.165, 1.54) is 5.01 Å². The van der Waals surface area contributed by atoms with Gasteiger partial charge in [0.1, 0.15) is 5.16 Å². The number of hydrogen-bond acceptors (Lipinski definition) is 2. The Labute approximate surface area is 92.5 Å². The van der Waals surface area contributed by atoms with Crippen LogP contribution in [0.3, 0.4) is 0 Å². The van der Waals surface area contributed by atoms with Gasteiger partial charge in [-0.25, -0.2) is 5.84 Å². The lowest BCUT2D eigenvalue weighted by Crippen LogP contribution is -2.44. The fraction of sp³-hybridized carbons (Fsp3) is 0.500. The van der Waals surface area contributed by atoms with Crippen LogP contribution in [0.25, 0.3) is 0 Å². The Kier molecular flexibility index (Phi) is 4.58. The van der Waals surface area contributed by atoms with E-state index >= 15 is 0 Å². The van der Waals surface area contributed by atoms with Crippen LogP contribution in [0.2, 0.25) is 0 Å². The monoisotopic (exact) mass is 300 g/mol. The van der Waals surface area contributed by atoms with E-state index in [2.05, 4.69) is 29.2 Å². The molecule has 0 aromatic rings. The molecule has 0 aliphatic rings. The summed E-state index contributed by atoms with van der Waals surface area (Å²) in [7, 11) is 0. The van der Waals surface area contributed by atoms with Gasteiger partial charge >= 0.3 is 0 Å². The van der Waals surface area contributed by atoms with Gasteiger partial charge in [0.2, 0.25) is 0 Å². The van der Waals surface area contributed by atoms with Gasteiger partial charge in [-0.3, -0.25) is 5.01 Å². The number of halogens is 2. The van der Waals surface area contributed by atoms with Crippen LogP contribution in [-0.2, 0) is 0 Å². The summed E-state index contributed by atoms with van der Waals surface area (Å²) in [5.41, 5.74) is -0.167. The Morgan fingerprint density at radius 3 is 2.25 bits per heavy atom. The highest BCUT2D eigenvalue weighted by Crippen LogP contribution is 2.20. The molecule has 2 N–H and O–H groups in total. The van der Waals surface area contributed by atoms with Crippen LogP contribution in [0.5, 0.6) is 0 Å². The van der Waals surface area contributed by atoms with E-state index in [4.69, 9.17) is 17.4 Å². The van der Waals surface area contributed by atoms with Gasteiger partial charge < -0.3 is 0 Å². The Balaban J connectivity index is 4.50. The van der Waals surface area contributed by atoms with E-state index in [1.54, 1.807) is 6.08 Å². The van der Waals surface area contributed by atoms with Crippen LogP contribution in [0.1, 0.15) is 20.8 Å². The SMILES string of the molecule is C=C(I)/C=C(/Cl)N(N)C(C)(C)C. The first-order valence-corrected chi connectivity index (χ1v) is 4.97. The summed E-state index contributed by atoms with van der Waals surface area (Å²) in [4.78, 5) is 0. The van der Waals surface area contributed by atoms with Crippen LogP contribution in [0.4, 0.5) is 0 Å². The summed E-state index contributed by atoms with van der Waals surface area (Å²) in [6.07, 6.45) is 1.73. The minimum absolute atomic E-state index is 0.167. The third-order valence-electron chi connectivity index (χ3n) is 1.23. The van der Waals surface area contributed by atoms with Crippen molar-refractivity contribution >= 4 is 34.2 Å². The average Bonchev–Trinajstić information content (AvgIpc) is 1.82. The molecule has 0 saturated carbocycles. The molecule has 12 heavy (non-hydrogen) atoms.